The minimum atomic E-state index is -0.100. The SMILES string of the molecule is N#Cc1ccc(O)cc1[C@@H](N)C1CC1. The molecule has 0 spiro atoms. The molecule has 3 N–H and O–H groups in total. The monoisotopic (exact) mass is 188 g/mol. The van der Waals surface area contributed by atoms with Crippen molar-refractivity contribution in [2.45, 2.75) is 18.9 Å². The van der Waals surface area contributed by atoms with Gasteiger partial charge in [-0.3, -0.25) is 0 Å². The Morgan fingerprint density at radius 3 is 2.79 bits per heavy atom. The van der Waals surface area contributed by atoms with E-state index >= 15 is 0 Å². The molecule has 0 amide bonds. The number of phenolic OH excluding ortho intramolecular Hbond substituents is 1. The van der Waals surface area contributed by atoms with Gasteiger partial charge in [0.15, 0.2) is 0 Å². The third kappa shape index (κ3) is 1.57. The fourth-order valence-electron chi connectivity index (χ4n) is 1.64. The molecule has 3 heteroatoms. The zero-order valence-electron chi connectivity index (χ0n) is 7.77. The van der Waals surface area contributed by atoms with Gasteiger partial charge in [0, 0.05) is 6.04 Å². The highest BCUT2D eigenvalue weighted by Gasteiger charge is 2.30. The van der Waals surface area contributed by atoms with Crippen molar-refractivity contribution in [3.8, 4) is 11.8 Å². The highest BCUT2D eigenvalue weighted by Crippen LogP contribution is 2.40. The second-order valence-electron chi connectivity index (χ2n) is 3.75. The lowest BCUT2D eigenvalue weighted by Gasteiger charge is -2.12. The van der Waals surface area contributed by atoms with Crippen LogP contribution >= 0.6 is 0 Å². The molecule has 1 aromatic rings. The van der Waals surface area contributed by atoms with Gasteiger partial charge in [0.2, 0.25) is 0 Å². The van der Waals surface area contributed by atoms with Crippen LogP contribution < -0.4 is 5.73 Å². The minimum absolute atomic E-state index is 0.100. The van der Waals surface area contributed by atoms with Crippen molar-refractivity contribution in [2.24, 2.45) is 11.7 Å². The lowest BCUT2D eigenvalue weighted by Crippen LogP contribution is -2.13. The van der Waals surface area contributed by atoms with E-state index in [9.17, 15) is 5.11 Å². The van der Waals surface area contributed by atoms with Crippen molar-refractivity contribution in [3.05, 3.63) is 29.3 Å². The number of hydrogen-bond donors (Lipinski definition) is 2. The molecule has 14 heavy (non-hydrogen) atoms. The zero-order chi connectivity index (χ0) is 10.1. The molecular weight excluding hydrogens is 176 g/mol. The van der Waals surface area contributed by atoms with Gasteiger partial charge in [-0.1, -0.05) is 0 Å². The molecule has 1 aliphatic rings. The number of nitriles is 1. The largest absolute Gasteiger partial charge is 0.508 e. The molecule has 1 aliphatic carbocycles. The number of rotatable bonds is 2. The van der Waals surface area contributed by atoms with Crippen molar-refractivity contribution in [2.75, 3.05) is 0 Å². The van der Waals surface area contributed by atoms with E-state index in [4.69, 9.17) is 11.0 Å². The standard InChI is InChI=1S/C11H12N2O/c12-6-8-3-4-9(14)5-10(8)11(13)7-1-2-7/h3-5,7,11,14H,1-2,13H2/t11-/m0/s1. The highest BCUT2D eigenvalue weighted by atomic mass is 16.3. The maximum atomic E-state index is 9.32. The van der Waals surface area contributed by atoms with Crippen LogP contribution in [0.2, 0.25) is 0 Å². The fraction of sp³-hybridized carbons (Fsp3) is 0.364. The van der Waals surface area contributed by atoms with Crippen molar-refractivity contribution in [3.63, 3.8) is 0 Å². The molecule has 0 aliphatic heterocycles. The molecule has 1 fully saturated rings. The predicted octanol–water partition coefficient (Wildman–Crippen LogP) is 1.67. The third-order valence-corrected chi connectivity index (χ3v) is 2.64. The number of phenols is 1. The van der Waals surface area contributed by atoms with Crippen LogP contribution in [0.3, 0.4) is 0 Å². The second kappa shape index (κ2) is 3.32. The van der Waals surface area contributed by atoms with Crippen LogP contribution in [-0.2, 0) is 0 Å². The summed E-state index contributed by atoms with van der Waals surface area (Å²) in [6.07, 6.45) is 2.25. The molecule has 0 unspecified atom stereocenters. The first-order chi connectivity index (χ1) is 6.72. The number of benzene rings is 1. The summed E-state index contributed by atoms with van der Waals surface area (Å²) in [5.74, 6) is 0.666. The van der Waals surface area contributed by atoms with Crippen molar-refractivity contribution in [1.82, 2.24) is 0 Å². The smallest absolute Gasteiger partial charge is 0.116 e. The third-order valence-electron chi connectivity index (χ3n) is 2.64. The second-order valence-corrected chi connectivity index (χ2v) is 3.75. The maximum absolute atomic E-state index is 9.32. The number of hydrogen-bond acceptors (Lipinski definition) is 3. The van der Waals surface area contributed by atoms with Gasteiger partial charge in [-0.05, 0) is 42.5 Å². The van der Waals surface area contributed by atoms with Gasteiger partial charge in [-0.2, -0.15) is 5.26 Å². The molecule has 1 atom stereocenters. The normalized spacial score (nSPS) is 17.4. The topological polar surface area (TPSA) is 70.0 Å². The zero-order valence-corrected chi connectivity index (χ0v) is 7.77. The highest BCUT2D eigenvalue weighted by molar-refractivity contribution is 5.44. The van der Waals surface area contributed by atoms with Crippen LogP contribution in [0.15, 0.2) is 18.2 Å². The summed E-state index contributed by atoms with van der Waals surface area (Å²) in [7, 11) is 0. The molecule has 72 valence electrons. The molecule has 0 saturated heterocycles. The van der Waals surface area contributed by atoms with Crippen LogP contribution in [0.4, 0.5) is 0 Å². The van der Waals surface area contributed by atoms with Gasteiger partial charge >= 0.3 is 0 Å². The lowest BCUT2D eigenvalue weighted by atomic mass is 9.98. The van der Waals surface area contributed by atoms with Crippen LogP contribution in [0.5, 0.6) is 5.75 Å². The van der Waals surface area contributed by atoms with Crippen LogP contribution in [0, 0.1) is 17.2 Å². The van der Waals surface area contributed by atoms with E-state index in [1.165, 1.54) is 6.07 Å². The molecule has 0 heterocycles. The average Bonchev–Trinajstić information content (AvgIpc) is 3.00. The van der Waals surface area contributed by atoms with Gasteiger partial charge in [-0.15, -0.1) is 0 Å². The van der Waals surface area contributed by atoms with E-state index < -0.39 is 0 Å². The Morgan fingerprint density at radius 2 is 2.21 bits per heavy atom. The van der Waals surface area contributed by atoms with Crippen molar-refractivity contribution >= 4 is 0 Å². The average molecular weight is 188 g/mol. The van der Waals surface area contributed by atoms with Gasteiger partial charge in [0.25, 0.3) is 0 Å². The molecule has 1 saturated carbocycles. The van der Waals surface area contributed by atoms with Gasteiger partial charge in [0.05, 0.1) is 11.6 Å². The molecule has 3 nitrogen and oxygen atoms in total. The summed E-state index contributed by atoms with van der Waals surface area (Å²) in [5, 5.41) is 18.2. The van der Waals surface area contributed by atoms with Crippen LogP contribution in [0.25, 0.3) is 0 Å². The molecule has 0 radical (unpaired) electrons. The maximum Gasteiger partial charge on any atom is 0.116 e. The van der Waals surface area contributed by atoms with Crippen molar-refractivity contribution < 1.29 is 5.11 Å². The Bertz CT molecular complexity index is 391. The Hall–Kier alpha value is -1.53. The van der Waals surface area contributed by atoms with E-state index in [0.717, 1.165) is 18.4 Å². The quantitative estimate of drug-likeness (QED) is 0.741. The predicted molar refractivity (Wildman–Crippen MR) is 52.5 cm³/mol. The lowest BCUT2D eigenvalue weighted by molar-refractivity contribution is 0.472. The first-order valence-corrected chi connectivity index (χ1v) is 4.71. The van der Waals surface area contributed by atoms with Crippen LogP contribution in [0.1, 0.15) is 30.0 Å². The molecule has 0 aromatic heterocycles. The first kappa shape index (κ1) is 9.04. The van der Waals surface area contributed by atoms with Crippen molar-refractivity contribution in [1.29, 1.82) is 5.26 Å². The summed E-state index contributed by atoms with van der Waals surface area (Å²) < 4.78 is 0. The Morgan fingerprint density at radius 1 is 1.50 bits per heavy atom. The summed E-state index contributed by atoms with van der Waals surface area (Å²) in [6, 6.07) is 6.73. The van der Waals surface area contributed by atoms with Gasteiger partial charge in [-0.25, -0.2) is 0 Å². The summed E-state index contributed by atoms with van der Waals surface area (Å²) in [6.45, 7) is 0. The first-order valence-electron chi connectivity index (χ1n) is 4.71. The number of nitrogens with zero attached hydrogens (tertiary/aromatic N) is 1. The molecular formula is C11H12N2O. The summed E-state index contributed by atoms with van der Waals surface area (Å²) >= 11 is 0. The van der Waals surface area contributed by atoms with Gasteiger partial charge in [0.1, 0.15) is 5.75 Å². The van der Waals surface area contributed by atoms with E-state index in [0.29, 0.717) is 11.5 Å². The molecule has 0 bridgehead atoms. The Kier molecular flexibility index (Phi) is 2.14. The van der Waals surface area contributed by atoms with E-state index in [2.05, 4.69) is 6.07 Å². The Labute approximate surface area is 82.8 Å². The van der Waals surface area contributed by atoms with Crippen LogP contribution in [-0.4, -0.2) is 5.11 Å². The summed E-state index contributed by atoms with van der Waals surface area (Å²) in [4.78, 5) is 0. The molecule has 1 aromatic carbocycles. The van der Waals surface area contributed by atoms with Gasteiger partial charge < -0.3 is 10.8 Å². The summed E-state index contributed by atoms with van der Waals surface area (Å²) in [5.41, 5.74) is 7.33. The van der Waals surface area contributed by atoms with E-state index in [1.807, 2.05) is 0 Å². The molecule has 2 rings (SSSR count). The van der Waals surface area contributed by atoms with E-state index in [-0.39, 0.29) is 11.8 Å². The Balaban J connectivity index is 2.38. The minimum Gasteiger partial charge on any atom is -0.508 e. The number of nitrogens with two attached hydrogens (primary N) is 1. The van der Waals surface area contributed by atoms with E-state index in [1.54, 1.807) is 12.1 Å². The number of aromatic hydroxyl groups is 1. The fourth-order valence-corrected chi connectivity index (χ4v) is 1.64.